The van der Waals surface area contributed by atoms with E-state index in [2.05, 4.69) is 85.7 Å². The molecule has 0 heterocycles. The molecule has 7 heteroatoms. The first-order chi connectivity index (χ1) is 20.3. The molecule has 0 amide bonds. The maximum Gasteiger partial charge on any atom is 0.335 e. The van der Waals surface area contributed by atoms with E-state index in [4.69, 9.17) is 14.9 Å². The summed E-state index contributed by atoms with van der Waals surface area (Å²) in [6.07, 6.45) is 3.05. The third-order valence-corrected chi connectivity index (χ3v) is 8.76. The number of carbonyl (C=O) groups excluding carboxylic acids is 1. The van der Waals surface area contributed by atoms with Crippen molar-refractivity contribution in [3.63, 3.8) is 0 Å². The summed E-state index contributed by atoms with van der Waals surface area (Å²) in [4.78, 5) is 21.7. The van der Waals surface area contributed by atoms with Gasteiger partial charge in [0.25, 0.3) is 0 Å². The van der Waals surface area contributed by atoms with Gasteiger partial charge in [-0.25, -0.2) is 4.79 Å². The minimum atomic E-state index is -0.865. The molecule has 2 N–H and O–H groups in total. The highest BCUT2D eigenvalue weighted by Crippen LogP contribution is 2.21. The molecule has 0 aliphatic rings. The molecule has 0 bridgehead atoms. The molecular formula is C37H64ClNO5. The molecule has 0 aliphatic carbocycles. The van der Waals surface area contributed by atoms with Gasteiger partial charge in [-0.1, -0.05) is 77.1 Å². The molecule has 2 unspecified atom stereocenters. The minimum absolute atomic E-state index is 0. The van der Waals surface area contributed by atoms with E-state index in [9.17, 15) is 9.59 Å². The highest BCUT2D eigenvalue weighted by molar-refractivity contribution is 5.87. The van der Waals surface area contributed by atoms with E-state index >= 15 is 0 Å². The largest absolute Gasteiger partial charge is 1.00 e. The normalized spacial score (nSPS) is 11.9. The van der Waals surface area contributed by atoms with Crippen LogP contribution in [0.4, 0.5) is 0 Å². The second-order valence-electron chi connectivity index (χ2n) is 11.7. The third-order valence-electron chi connectivity index (χ3n) is 8.76. The first kappa shape index (κ1) is 46.0. The van der Waals surface area contributed by atoms with E-state index in [1.54, 1.807) is 12.1 Å². The number of aliphatic hydroxyl groups is 1. The van der Waals surface area contributed by atoms with Crippen LogP contribution in [0.3, 0.4) is 0 Å². The summed E-state index contributed by atoms with van der Waals surface area (Å²) in [6.45, 7) is 28.5. The molecule has 44 heavy (non-hydrogen) atoms. The lowest BCUT2D eigenvalue weighted by Crippen LogP contribution is -3.00. The summed E-state index contributed by atoms with van der Waals surface area (Å²) in [5, 5.41) is 17.0. The van der Waals surface area contributed by atoms with Crippen LogP contribution in [0.25, 0.3) is 0 Å². The topological polar surface area (TPSA) is 83.8 Å². The van der Waals surface area contributed by atoms with Gasteiger partial charge in [0, 0.05) is 0 Å². The highest BCUT2D eigenvalue weighted by Gasteiger charge is 2.26. The number of hydrogen-bond acceptors (Lipinski definition) is 4. The van der Waals surface area contributed by atoms with Crippen LogP contribution >= 0.6 is 0 Å². The number of benzene rings is 2. The molecule has 2 atom stereocenters. The summed E-state index contributed by atoms with van der Waals surface area (Å²) >= 11 is 0. The fraction of sp³-hybridized carbons (Fsp3) is 0.622. The molecule has 0 aliphatic heterocycles. The Balaban J connectivity index is -0.000000510. The second-order valence-corrected chi connectivity index (χ2v) is 11.7. The fourth-order valence-corrected chi connectivity index (χ4v) is 4.03. The van der Waals surface area contributed by atoms with Gasteiger partial charge >= 0.3 is 11.9 Å². The van der Waals surface area contributed by atoms with Gasteiger partial charge in [-0.2, -0.15) is 0 Å². The van der Waals surface area contributed by atoms with Crippen LogP contribution in [0.1, 0.15) is 129 Å². The molecule has 2 aromatic rings. The molecule has 2 aromatic carbocycles. The van der Waals surface area contributed by atoms with Gasteiger partial charge in [-0.05, 0) is 95.9 Å². The number of nitrogens with zero attached hydrogens (tertiary/aromatic N) is 1. The Morgan fingerprint density at radius 2 is 1.16 bits per heavy atom. The molecule has 2 rings (SSSR count). The van der Waals surface area contributed by atoms with Crippen LogP contribution in [0, 0.1) is 5.41 Å². The van der Waals surface area contributed by atoms with Crippen molar-refractivity contribution in [1.29, 1.82) is 0 Å². The second kappa shape index (κ2) is 25.9. The van der Waals surface area contributed by atoms with Crippen LogP contribution in [-0.4, -0.2) is 66.0 Å². The van der Waals surface area contributed by atoms with Crippen molar-refractivity contribution in [1.82, 2.24) is 0 Å². The lowest BCUT2D eigenvalue weighted by Gasteiger charge is -2.34. The number of ether oxygens (including phenoxy) is 1. The van der Waals surface area contributed by atoms with E-state index in [0.717, 1.165) is 12.8 Å². The average molecular weight is 638 g/mol. The zero-order valence-corrected chi connectivity index (χ0v) is 30.4. The minimum Gasteiger partial charge on any atom is -1.00 e. The third kappa shape index (κ3) is 18.4. The number of aliphatic hydroxyl groups excluding tert-OH is 1. The predicted octanol–water partition coefficient (Wildman–Crippen LogP) is 5.94. The fourth-order valence-electron chi connectivity index (χ4n) is 4.03. The van der Waals surface area contributed by atoms with Crippen molar-refractivity contribution in [2.24, 2.45) is 5.41 Å². The highest BCUT2D eigenvalue weighted by atomic mass is 35.5. The summed E-state index contributed by atoms with van der Waals surface area (Å²) < 4.78 is 6.04. The number of hydrogen-bond donors (Lipinski definition) is 2. The number of quaternary nitrogens is 1. The Kier molecular flexibility index (Phi) is 27.1. The average Bonchev–Trinajstić information content (AvgIpc) is 3.05. The molecule has 0 fully saturated rings. The van der Waals surface area contributed by atoms with Crippen molar-refractivity contribution in [3.8, 4) is 0 Å². The number of esters is 1. The molecule has 0 aromatic heterocycles. The van der Waals surface area contributed by atoms with Crippen molar-refractivity contribution in [2.45, 2.75) is 107 Å². The van der Waals surface area contributed by atoms with Crippen LogP contribution in [-0.2, 0) is 9.53 Å². The van der Waals surface area contributed by atoms with E-state index in [0.29, 0.717) is 17.4 Å². The van der Waals surface area contributed by atoms with Gasteiger partial charge < -0.3 is 31.8 Å². The number of rotatable bonds is 13. The van der Waals surface area contributed by atoms with Gasteiger partial charge in [-0.3, -0.25) is 4.79 Å². The number of halogens is 1. The Hall–Kier alpha value is -2.41. The Morgan fingerprint density at radius 3 is 1.45 bits per heavy atom. The van der Waals surface area contributed by atoms with Gasteiger partial charge in [-0.15, -0.1) is 0 Å². The summed E-state index contributed by atoms with van der Waals surface area (Å²) in [7, 11) is 0. The Labute approximate surface area is 276 Å². The number of carboxylic acids is 1. The van der Waals surface area contributed by atoms with Crippen molar-refractivity contribution in [2.75, 3.05) is 39.4 Å². The van der Waals surface area contributed by atoms with Gasteiger partial charge in [0.05, 0.1) is 43.8 Å². The standard InChI is InChI=1S/C11H14O2.C10H14.C8H20N.C8H16O3.ClH/c1-3-8(2)9-4-6-10(7-5-9)11(12)13;1-3-9(2)10-7-5-4-6-8-10;1-5-9(6-2,7-3)8-4;1-4-8(2,3)7(10)11-6-5-9;/h4-8H,3H2,1-2H3,(H,12,13);4-9H,3H2,1-2H3;5-8H2,1-4H3;9H,4-6H2,1-3H3;1H/q;;+1;;/p-1. The van der Waals surface area contributed by atoms with Crippen molar-refractivity contribution in [3.05, 3.63) is 71.3 Å². The van der Waals surface area contributed by atoms with E-state index < -0.39 is 11.4 Å². The Bertz CT molecular complexity index is 958. The molecule has 0 radical (unpaired) electrons. The monoisotopic (exact) mass is 637 g/mol. The molecule has 254 valence electrons. The first-order valence-electron chi connectivity index (χ1n) is 16.3. The zero-order valence-electron chi connectivity index (χ0n) is 29.7. The van der Waals surface area contributed by atoms with Crippen LogP contribution in [0.5, 0.6) is 0 Å². The van der Waals surface area contributed by atoms with E-state index in [1.807, 2.05) is 32.9 Å². The number of carbonyl (C=O) groups is 2. The zero-order chi connectivity index (χ0) is 33.5. The van der Waals surface area contributed by atoms with Crippen molar-refractivity contribution < 1.29 is 41.4 Å². The maximum atomic E-state index is 11.1. The molecule has 6 nitrogen and oxygen atoms in total. The lowest BCUT2D eigenvalue weighted by molar-refractivity contribution is -0.921. The van der Waals surface area contributed by atoms with Crippen LogP contribution in [0.2, 0.25) is 0 Å². The Morgan fingerprint density at radius 1 is 0.750 bits per heavy atom. The molecule has 0 saturated heterocycles. The quantitative estimate of drug-likeness (QED) is 0.210. The number of aromatic carboxylic acids is 1. The lowest BCUT2D eigenvalue weighted by atomic mass is 9.91. The maximum absolute atomic E-state index is 11.1. The van der Waals surface area contributed by atoms with E-state index in [-0.39, 0.29) is 31.6 Å². The van der Waals surface area contributed by atoms with Crippen molar-refractivity contribution >= 4 is 11.9 Å². The SMILES string of the molecule is CCC(C)(C)C(=O)OCCO.CCC(C)c1ccc(C(=O)O)cc1.CCC(C)c1ccccc1.CC[N+](CC)(CC)CC.[Cl-]. The summed E-state index contributed by atoms with van der Waals surface area (Å²) in [6, 6.07) is 17.7. The van der Waals surface area contributed by atoms with E-state index in [1.165, 1.54) is 48.2 Å². The predicted molar refractivity (Wildman–Crippen MR) is 182 cm³/mol. The first-order valence-corrected chi connectivity index (χ1v) is 16.3. The van der Waals surface area contributed by atoms with Gasteiger partial charge in [0.2, 0.25) is 0 Å². The van der Waals surface area contributed by atoms with Crippen LogP contribution < -0.4 is 12.4 Å². The van der Waals surface area contributed by atoms with Crippen LogP contribution in [0.15, 0.2) is 54.6 Å². The van der Waals surface area contributed by atoms with Gasteiger partial charge in [0.15, 0.2) is 0 Å². The molecule has 0 saturated carbocycles. The molecule has 0 spiro atoms. The number of carboxylic acid groups (broad SMARTS) is 1. The van der Waals surface area contributed by atoms with Gasteiger partial charge in [0.1, 0.15) is 6.61 Å². The molecular weight excluding hydrogens is 574 g/mol. The smallest absolute Gasteiger partial charge is 0.335 e. The summed E-state index contributed by atoms with van der Waals surface area (Å²) in [5.74, 6) is 0.105. The summed E-state index contributed by atoms with van der Waals surface area (Å²) in [5.41, 5.74) is 2.58.